The van der Waals surface area contributed by atoms with Gasteiger partial charge in [-0.05, 0) is 52.4 Å². The summed E-state index contributed by atoms with van der Waals surface area (Å²) in [5.74, 6) is -0.951. The van der Waals surface area contributed by atoms with Crippen molar-refractivity contribution in [2.75, 3.05) is 0 Å². The second-order valence-electron chi connectivity index (χ2n) is 8.27. The van der Waals surface area contributed by atoms with Gasteiger partial charge in [0.1, 0.15) is 0 Å². The van der Waals surface area contributed by atoms with Crippen LogP contribution < -0.4 is 0 Å². The first kappa shape index (κ1) is 21.1. The van der Waals surface area contributed by atoms with Gasteiger partial charge in [-0.25, -0.2) is 0 Å². The molecule has 0 atom stereocenters. The lowest BCUT2D eigenvalue weighted by atomic mass is 9.67. The van der Waals surface area contributed by atoms with Crippen LogP contribution in [0.4, 0.5) is 11.4 Å². The van der Waals surface area contributed by atoms with E-state index < -0.39 is 38.1 Å². The van der Waals surface area contributed by atoms with Crippen LogP contribution in [0, 0.1) is 27.2 Å². The van der Waals surface area contributed by atoms with Gasteiger partial charge in [-0.3, -0.25) is 20.2 Å². The van der Waals surface area contributed by atoms with E-state index in [-0.39, 0.29) is 0 Å². The molecule has 0 aliphatic heterocycles. The molecule has 168 valence electrons. The van der Waals surface area contributed by atoms with Crippen LogP contribution in [0.15, 0.2) is 78.9 Å². The topological polar surface area (TPSA) is 127 Å². The number of fused-ring (bicyclic) bond motifs is 3. The van der Waals surface area contributed by atoms with Crippen molar-refractivity contribution in [1.29, 1.82) is 0 Å². The van der Waals surface area contributed by atoms with E-state index in [9.17, 15) is 30.4 Å². The first-order chi connectivity index (χ1) is 16.2. The molecule has 2 N–H and O–H groups in total. The number of nitro benzene ring substituents is 2. The van der Waals surface area contributed by atoms with Crippen molar-refractivity contribution in [1.82, 2.24) is 0 Å². The molecule has 8 nitrogen and oxygen atoms in total. The Hall–Kier alpha value is -4.72. The Labute approximate surface area is 193 Å². The highest BCUT2D eigenvalue weighted by atomic mass is 16.6. The molecule has 0 fully saturated rings. The summed E-state index contributed by atoms with van der Waals surface area (Å²) in [4.78, 5) is 22.0. The van der Waals surface area contributed by atoms with Crippen LogP contribution in [-0.2, 0) is 5.41 Å². The fourth-order valence-electron chi connectivity index (χ4n) is 4.99. The van der Waals surface area contributed by atoms with E-state index in [0.29, 0.717) is 11.1 Å². The molecule has 0 saturated carbocycles. The second kappa shape index (κ2) is 7.41. The summed E-state index contributed by atoms with van der Waals surface area (Å²) in [6.45, 7) is 1.92. The maximum Gasteiger partial charge on any atom is 0.311 e. The molecule has 1 aliphatic carbocycles. The summed E-state index contributed by atoms with van der Waals surface area (Å²) in [5, 5.41) is 43.6. The zero-order valence-corrected chi connectivity index (χ0v) is 17.9. The van der Waals surface area contributed by atoms with Gasteiger partial charge in [-0.1, -0.05) is 60.2 Å². The van der Waals surface area contributed by atoms with Gasteiger partial charge in [0, 0.05) is 12.1 Å². The predicted molar refractivity (Wildman–Crippen MR) is 125 cm³/mol. The molecule has 34 heavy (non-hydrogen) atoms. The summed E-state index contributed by atoms with van der Waals surface area (Å²) < 4.78 is 0. The molecule has 0 bridgehead atoms. The molecule has 0 unspecified atom stereocenters. The highest BCUT2D eigenvalue weighted by Crippen LogP contribution is 2.57. The Balaban J connectivity index is 1.98. The maximum absolute atomic E-state index is 11.7. The van der Waals surface area contributed by atoms with Gasteiger partial charge < -0.3 is 10.2 Å². The van der Waals surface area contributed by atoms with E-state index >= 15 is 0 Å². The van der Waals surface area contributed by atoms with Crippen LogP contribution in [-0.4, -0.2) is 20.1 Å². The van der Waals surface area contributed by atoms with Crippen molar-refractivity contribution < 1.29 is 20.1 Å². The zero-order valence-electron chi connectivity index (χ0n) is 17.9. The summed E-state index contributed by atoms with van der Waals surface area (Å²) >= 11 is 0. The summed E-state index contributed by atoms with van der Waals surface area (Å²) in [7, 11) is 0. The second-order valence-corrected chi connectivity index (χ2v) is 8.27. The van der Waals surface area contributed by atoms with Crippen LogP contribution in [0.1, 0.15) is 27.8 Å². The van der Waals surface area contributed by atoms with Crippen LogP contribution >= 0.6 is 0 Å². The van der Waals surface area contributed by atoms with Crippen LogP contribution in [0.2, 0.25) is 0 Å². The Morgan fingerprint density at radius 3 is 1.76 bits per heavy atom. The van der Waals surface area contributed by atoms with Crippen molar-refractivity contribution in [3.05, 3.63) is 127 Å². The van der Waals surface area contributed by atoms with E-state index in [1.165, 1.54) is 24.3 Å². The van der Waals surface area contributed by atoms with Gasteiger partial charge in [-0.15, -0.1) is 0 Å². The smallest absolute Gasteiger partial charge is 0.311 e. The van der Waals surface area contributed by atoms with E-state index in [1.807, 2.05) is 49.4 Å². The average molecular weight is 454 g/mol. The Morgan fingerprint density at radius 2 is 1.21 bits per heavy atom. The first-order valence-electron chi connectivity index (χ1n) is 10.4. The van der Waals surface area contributed by atoms with Gasteiger partial charge >= 0.3 is 11.4 Å². The molecule has 0 aromatic heterocycles. The lowest BCUT2D eigenvalue weighted by Gasteiger charge is -2.33. The monoisotopic (exact) mass is 454 g/mol. The van der Waals surface area contributed by atoms with Gasteiger partial charge in [0.2, 0.25) is 0 Å². The SMILES string of the molecule is Cc1ccc2c(c1)C(c1ccc(O)c([N+](=O)[O-])c1)(c1ccc(O)c([N+](=O)[O-])c1)c1ccccc1-2. The molecule has 0 amide bonds. The largest absolute Gasteiger partial charge is 0.502 e. The molecule has 4 aromatic carbocycles. The molecule has 0 spiro atoms. The van der Waals surface area contributed by atoms with Crippen molar-refractivity contribution >= 4 is 11.4 Å². The number of hydrogen-bond donors (Lipinski definition) is 2. The zero-order chi connectivity index (χ0) is 24.2. The number of nitro groups is 2. The minimum absolute atomic E-state index is 0.466. The van der Waals surface area contributed by atoms with E-state index in [0.717, 1.165) is 27.8 Å². The fourth-order valence-corrected chi connectivity index (χ4v) is 4.99. The molecular formula is C26H18N2O6. The van der Waals surface area contributed by atoms with Crippen LogP contribution in [0.5, 0.6) is 11.5 Å². The fraction of sp³-hybridized carbons (Fsp3) is 0.0769. The summed E-state index contributed by atoms with van der Waals surface area (Å²) in [6.07, 6.45) is 0. The number of nitrogens with zero attached hydrogens (tertiary/aromatic N) is 2. The first-order valence-corrected chi connectivity index (χ1v) is 10.4. The minimum Gasteiger partial charge on any atom is -0.502 e. The maximum atomic E-state index is 11.7. The third-order valence-corrected chi connectivity index (χ3v) is 6.41. The molecule has 8 heteroatoms. The van der Waals surface area contributed by atoms with Crippen molar-refractivity contribution in [2.45, 2.75) is 12.3 Å². The van der Waals surface area contributed by atoms with Crippen molar-refractivity contribution in [2.24, 2.45) is 0 Å². The number of phenolic OH excluding ortho intramolecular Hbond substituents is 2. The third kappa shape index (κ3) is 2.85. The number of rotatable bonds is 4. The normalized spacial score (nSPS) is 13.2. The van der Waals surface area contributed by atoms with Gasteiger partial charge in [0.15, 0.2) is 11.5 Å². The van der Waals surface area contributed by atoms with Crippen LogP contribution in [0.3, 0.4) is 0 Å². The lowest BCUT2D eigenvalue weighted by molar-refractivity contribution is -0.386. The van der Waals surface area contributed by atoms with Gasteiger partial charge in [-0.2, -0.15) is 0 Å². The summed E-state index contributed by atoms with van der Waals surface area (Å²) in [6, 6.07) is 21.8. The van der Waals surface area contributed by atoms with Crippen molar-refractivity contribution in [3.8, 4) is 22.6 Å². The minimum atomic E-state index is -1.16. The van der Waals surface area contributed by atoms with Gasteiger partial charge in [0.05, 0.1) is 15.3 Å². The molecule has 0 radical (unpaired) electrons. The number of hydrogen-bond acceptors (Lipinski definition) is 6. The quantitative estimate of drug-likeness (QED) is 0.269. The van der Waals surface area contributed by atoms with Crippen molar-refractivity contribution in [3.63, 3.8) is 0 Å². The Kier molecular flexibility index (Phi) is 4.61. The average Bonchev–Trinajstić information content (AvgIpc) is 3.10. The molecule has 4 aromatic rings. The third-order valence-electron chi connectivity index (χ3n) is 6.41. The standard InChI is InChI=1S/C26H18N2O6/c1-15-6-9-19-18-4-2-3-5-20(18)26(21(19)12-15,16-7-10-24(29)22(13-16)27(31)32)17-8-11-25(30)23(14-17)28(33)34/h2-14,29-30H,1H3. The number of aromatic hydroxyl groups is 2. The molecular weight excluding hydrogens is 436 g/mol. The lowest BCUT2D eigenvalue weighted by Crippen LogP contribution is -2.29. The predicted octanol–water partition coefficient (Wildman–Crippen LogP) is 5.59. The molecule has 1 aliphatic rings. The molecule has 5 rings (SSSR count). The van der Waals surface area contributed by atoms with E-state index in [2.05, 4.69) is 0 Å². The van der Waals surface area contributed by atoms with E-state index in [1.54, 1.807) is 12.1 Å². The highest BCUT2D eigenvalue weighted by molar-refractivity contribution is 5.87. The van der Waals surface area contributed by atoms with Gasteiger partial charge in [0.25, 0.3) is 0 Å². The highest BCUT2D eigenvalue weighted by Gasteiger charge is 2.47. The van der Waals surface area contributed by atoms with Crippen LogP contribution in [0.25, 0.3) is 11.1 Å². The molecule has 0 saturated heterocycles. The molecule has 0 heterocycles. The number of phenols is 2. The summed E-state index contributed by atoms with van der Waals surface area (Å²) in [5.41, 5.74) is 3.16. The number of benzene rings is 4. The Morgan fingerprint density at radius 1 is 0.676 bits per heavy atom. The Bertz CT molecular complexity index is 1450. The van der Waals surface area contributed by atoms with E-state index in [4.69, 9.17) is 0 Å². The number of aryl methyl sites for hydroxylation is 1.